The number of nitrogens with one attached hydrogen (secondary N) is 2. The van der Waals surface area contributed by atoms with Gasteiger partial charge in [0.2, 0.25) is 10.0 Å². The van der Waals surface area contributed by atoms with E-state index in [1.54, 1.807) is 0 Å². The van der Waals surface area contributed by atoms with E-state index in [2.05, 4.69) is 9.71 Å². The molecule has 0 radical (unpaired) electrons. The third-order valence-corrected chi connectivity index (χ3v) is 7.46. The molecule has 0 saturated heterocycles. The van der Waals surface area contributed by atoms with Crippen LogP contribution in [0.5, 0.6) is 0 Å². The summed E-state index contributed by atoms with van der Waals surface area (Å²) in [5.74, 6) is -0.243. The lowest BCUT2D eigenvalue weighted by Gasteiger charge is -2.17. The topological polar surface area (TPSA) is 106 Å². The van der Waals surface area contributed by atoms with Crippen molar-refractivity contribution in [3.63, 3.8) is 0 Å². The number of sulfonamides is 1. The van der Waals surface area contributed by atoms with Gasteiger partial charge >= 0.3 is 5.69 Å². The Balaban J connectivity index is 1.72. The van der Waals surface area contributed by atoms with E-state index in [0.29, 0.717) is 0 Å². The summed E-state index contributed by atoms with van der Waals surface area (Å²) in [6.45, 7) is 0.0662. The molecular formula is C20H20N4O4S2. The van der Waals surface area contributed by atoms with Gasteiger partial charge in [0, 0.05) is 54.7 Å². The maximum Gasteiger partial charge on any atom is 0.330 e. The first-order valence-electron chi connectivity index (χ1n) is 9.15. The second kappa shape index (κ2) is 7.71. The van der Waals surface area contributed by atoms with Crippen molar-refractivity contribution < 1.29 is 8.42 Å². The van der Waals surface area contributed by atoms with Crippen LogP contribution in [0.3, 0.4) is 0 Å². The van der Waals surface area contributed by atoms with E-state index in [0.717, 1.165) is 36.7 Å². The second-order valence-corrected chi connectivity index (χ2v) is 9.68. The molecular weight excluding hydrogens is 424 g/mol. The van der Waals surface area contributed by atoms with Crippen LogP contribution in [0.4, 0.5) is 0 Å². The van der Waals surface area contributed by atoms with Crippen molar-refractivity contribution >= 4 is 32.3 Å². The molecule has 0 fully saturated rings. The number of nitrogens with zero attached hydrogens (tertiary/aromatic N) is 2. The lowest BCUT2D eigenvalue weighted by Crippen LogP contribution is -2.42. The Hall–Kier alpha value is -2.95. The Morgan fingerprint density at radius 3 is 2.63 bits per heavy atom. The van der Waals surface area contributed by atoms with Crippen LogP contribution in [0.15, 0.2) is 68.7 Å². The summed E-state index contributed by atoms with van der Waals surface area (Å²) in [4.78, 5) is 28.0. The largest absolute Gasteiger partial charge is 0.361 e. The highest BCUT2D eigenvalue weighted by atomic mass is 32.2. The number of aromatic amines is 1. The molecule has 10 heteroatoms. The highest BCUT2D eigenvalue weighted by molar-refractivity contribution is 7.89. The summed E-state index contributed by atoms with van der Waals surface area (Å²) in [5.41, 5.74) is 0.479. The summed E-state index contributed by atoms with van der Waals surface area (Å²) in [5, 5.41) is 2.95. The molecule has 4 aromatic rings. The zero-order valence-electron chi connectivity index (χ0n) is 16.3. The Labute approximate surface area is 176 Å². The van der Waals surface area contributed by atoms with E-state index in [1.165, 1.54) is 25.4 Å². The summed E-state index contributed by atoms with van der Waals surface area (Å²) >= 11 is 1.53. The molecule has 2 N–H and O–H groups in total. The van der Waals surface area contributed by atoms with Crippen molar-refractivity contribution in [2.24, 2.45) is 14.1 Å². The lowest BCUT2D eigenvalue weighted by atomic mass is 9.97. The summed E-state index contributed by atoms with van der Waals surface area (Å²) in [6, 6.07) is 11.7. The number of hydrogen-bond donors (Lipinski definition) is 2. The van der Waals surface area contributed by atoms with E-state index in [4.69, 9.17) is 0 Å². The van der Waals surface area contributed by atoms with Gasteiger partial charge in [0.05, 0.1) is 0 Å². The number of para-hydroxylation sites is 1. The Kier molecular flexibility index (Phi) is 5.22. The van der Waals surface area contributed by atoms with Crippen LogP contribution in [-0.4, -0.2) is 29.1 Å². The molecule has 0 amide bonds. The van der Waals surface area contributed by atoms with Crippen molar-refractivity contribution in [3.8, 4) is 0 Å². The average molecular weight is 445 g/mol. The molecule has 4 rings (SSSR count). The number of benzene rings is 1. The molecule has 3 heterocycles. The Morgan fingerprint density at radius 1 is 1.13 bits per heavy atom. The van der Waals surface area contributed by atoms with Gasteiger partial charge in [-0.1, -0.05) is 24.3 Å². The SMILES string of the molecule is Cn1cc(S(=O)(=O)NCC(c2cccs2)c2c[nH]c3ccccc23)c(=O)n(C)c1=O. The van der Waals surface area contributed by atoms with Gasteiger partial charge in [-0.05, 0) is 23.1 Å². The minimum atomic E-state index is -4.13. The Morgan fingerprint density at radius 2 is 1.90 bits per heavy atom. The summed E-state index contributed by atoms with van der Waals surface area (Å²) in [7, 11) is -1.47. The van der Waals surface area contributed by atoms with Crippen LogP contribution in [0, 0.1) is 0 Å². The maximum atomic E-state index is 12.9. The van der Waals surface area contributed by atoms with E-state index in [9.17, 15) is 18.0 Å². The van der Waals surface area contributed by atoms with Crippen LogP contribution in [0.25, 0.3) is 10.9 Å². The highest BCUT2D eigenvalue weighted by Crippen LogP contribution is 2.33. The molecule has 1 atom stereocenters. The van der Waals surface area contributed by atoms with Gasteiger partial charge in [0.25, 0.3) is 5.56 Å². The zero-order valence-corrected chi connectivity index (χ0v) is 18.0. The predicted molar refractivity (Wildman–Crippen MR) is 117 cm³/mol. The Bertz CT molecular complexity index is 1430. The zero-order chi connectivity index (χ0) is 21.5. The quantitative estimate of drug-likeness (QED) is 0.472. The van der Waals surface area contributed by atoms with Gasteiger partial charge in [0.15, 0.2) is 4.90 Å². The molecule has 30 heavy (non-hydrogen) atoms. The van der Waals surface area contributed by atoms with Gasteiger partial charge in [-0.2, -0.15) is 0 Å². The van der Waals surface area contributed by atoms with E-state index >= 15 is 0 Å². The molecule has 0 aliphatic carbocycles. The van der Waals surface area contributed by atoms with Crippen LogP contribution in [-0.2, 0) is 24.1 Å². The number of thiophene rings is 1. The molecule has 8 nitrogen and oxygen atoms in total. The molecule has 0 bridgehead atoms. The molecule has 0 spiro atoms. The first-order chi connectivity index (χ1) is 14.3. The molecule has 0 saturated carbocycles. The average Bonchev–Trinajstić information content (AvgIpc) is 3.40. The van der Waals surface area contributed by atoms with E-state index in [-0.39, 0.29) is 12.5 Å². The van der Waals surface area contributed by atoms with Crippen molar-refractivity contribution in [2.75, 3.05) is 6.54 Å². The van der Waals surface area contributed by atoms with Crippen molar-refractivity contribution in [1.29, 1.82) is 0 Å². The van der Waals surface area contributed by atoms with Crippen molar-refractivity contribution in [3.05, 3.63) is 85.5 Å². The first-order valence-corrected chi connectivity index (χ1v) is 11.5. The maximum absolute atomic E-state index is 12.9. The molecule has 0 aliphatic rings. The molecule has 156 valence electrons. The third kappa shape index (κ3) is 3.53. The van der Waals surface area contributed by atoms with E-state index in [1.807, 2.05) is 48.0 Å². The third-order valence-electron chi connectivity index (χ3n) is 5.07. The standard InChI is InChI=1S/C20H20N4O4S2/c1-23-12-18(19(25)24(2)20(23)26)30(27,28)22-11-15(17-8-5-9-29-17)14-10-21-16-7-4-3-6-13(14)16/h3-10,12,15,21-22H,11H2,1-2H3. The number of hydrogen-bond acceptors (Lipinski definition) is 5. The first kappa shape index (κ1) is 20.3. The summed E-state index contributed by atoms with van der Waals surface area (Å²) < 4.78 is 30.3. The van der Waals surface area contributed by atoms with Gasteiger partial charge in [0.1, 0.15) is 0 Å². The van der Waals surface area contributed by atoms with Crippen LogP contribution < -0.4 is 16.0 Å². The lowest BCUT2D eigenvalue weighted by molar-refractivity contribution is 0.568. The fraction of sp³-hybridized carbons (Fsp3) is 0.200. The highest BCUT2D eigenvalue weighted by Gasteiger charge is 2.25. The second-order valence-electron chi connectivity index (χ2n) is 6.96. The molecule has 3 aromatic heterocycles. The van der Waals surface area contributed by atoms with Crippen molar-refractivity contribution in [1.82, 2.24) is 18.8 Å². The predicted octanol–water partition coefficient (Wildman–Crippen LogP) is 1.74. The number of aromatic nitrogens is 3. The number of fused-ring (bicyclic) bond motifs is 1. The minimum absolute atomic E-state index is 0.0662. The minimum Gasteiger partial charge on any atom is -0.361 e. The number of aryl methyl sites for hydroxylation is 1. The normalized spacial score (nSPS) is 13.0. The smallest absolute Gasteiger partial charge is 0.330 e. The summed E-state index contributed by atoms with van der Waals surface area (Å²) in [6.07, 6.45) is 2.94. The van der Waals surface area contributed by atoms with Gasteiger partial charge in [-0.15, -0.1) is 11.3 Å². The van der Waals surface area contributed by atoms with Crippen molar-refractivity contribution in [2.45, 2.75) is 10.8 Å². The fourth-order valence-corrected chi connectivity index (χ4v) is 5.52. The molecule has 1 aromatic carbocycles. The van der Waals surface area contributed by atoms with Gasteiger partial charge < -0.3 is 9.55 Å². The van der Waals surface area contributed by atoms with Crippen LogP contribution in [0.1, 0.15) is 16.4 Å². The fourth-order valence-electron chi connectivity index (χ4n) is 3.47. The monoisotopic (exact) mass is 444 g/mol. The van der Waals surface area contributed by atoms with Gasteiger partial charge in [-0.3, -0.25) is 9.36 Å². The van der Waals surface area contributed by atoms with E-state index < -0.39 is 26.2 Å². The van der Waals surface area contributed by atoms with Crippen LogP contribution >= 0.6 is 11.3 Å². The molecule has 0 aliphatic heterocycles. The number of H-pyrrole nitrogens is 1. The van der Waals surface area contributed by atoms with Crippen LogP contribution in [0.2, 0.25) is 0 Å². The van der Waals surface area contributed by atoms with Gasteiger partial charge in [-0.25, -0.2) is 17.9 Å². The number of rotatable bonds is 6. The molecule has 1 unspecified atom stereocenters.